The van der Waals surface area contributed by atoms with Gasteiger partial charge in [0.15, 0.2) is 0 Å². The van der Waals surface area contributed by atoms with Crippen LogP contribution in [0.15, 0.2) is 155 Å². The van der Waals surface area contributed by atoms with Crippen LogP contribution in [0.4, 0.5) is 11.4 Å². The molecule has 44 heavy (non-hydrogen) atoms. The van der Waals surface area contributed by atoms with Gasteiger partial charge in [0.25, 0.3) is 11.8 Å². The van der Waals surface area contributed by atoms with Crippen LogP contribution in [0.3, 0.4) is 0 Å². The van der Waals surface area contributed by atoms with Gasteiger partial charge in [-0.15, -0.1) is 11.8 Å². The highest BCUT2D eigenvalue weighted by molar-refractivity contribution is 9.10. The highest BCUT2D eigenvalue weighted by Gasteiger charge is 2.22. The monoisotopic (exact) mass is 661 g/mol. The number of benzene rings is 5. The van der Waals surface area contributed by atoms with Crippen LogP contribution in [0, 0.1) is 0 Å². The number of carbonyl (C=O) groups is 3. The fourth-order valence-electron chi connectivity index (χ4n) is 4.25. The molecule has 0 fully saturated rings. The molecule has 0 heterocycles. The highest BCUT2D eigenvalue weighted by Crippen LogP contribution is 2.37. The molecule has 1 atom stereocenters. The van der Waals surface area contributed by atoms with Gasteiger partial charge in [-0.1, -0.05) is 94.8 Å². The number of hydrogen-bond acceptors (Lipinski definition) is 4. The van der Waals surface area contributed by atoms with Crippen LogP contribution in [-0.2, 0) is 9.59 Å². The predicted octanol–water partition coefficient (Wildman–Crippen LogP) is 8.33. The minimum absolute atomic E-state index is 0.109. The lowest BCUT2D eigenvalue weighted by molar-refractivity contribution is -0.116. The van der Waals surface area contributed by atoms with Crippen molar-refractivity contribution in [2.45, 2.75) is 10.1 Å². The van der Waals surface area contributed by atoms with Crippen molar-refractivity contribution in [2.24, 2.45) is 0 Å². The Balaban J connectivity index is 1.31. The number of anilines is 2. The Labute approximate surface area is 268 Å². The molecule has 5 aromatic rings. The van der Waals surface area contributed by atoms with Gasteiger partial charge >= 0.3 is 0 Å². The summed E-state index contributed by atoms with van der Waals surface area (Å²) in [6.45, 7) is 0. The van der Waals surface area contributed by atoms with Crippen molar-refractivity contribution >= 4 is 62.9 Å². The van der Waals surface area contributed by atoms with Crippen LogP contribution in [0.2, 0.25) is 0 Å². The second kappa shape index (κ2) is 15.0. The average Bonchev–Trinajstić information content (AvgIpc) is 3.06. The summed E-state index contributed by atoms with van der Waals surface area (Å²) in [5, 5.41) is 8.13. The van der Waals surface area contributed by atoms with E-state index >= 15 is 0 Å². The van der Waals surface area contributed by atoms with Crippen LogP contribution in [0.5, 0.6) is 0 Å². The smallest absolute Gasteiger partial charge is 0.272 e. The van der Waals surface area contributed by atoms with Crippen molar-refractivity contribution in [3.05, 3.63) is 166 Å². The Hall–Kier alpha value is -4.92. The second-order valence-electron chi connectivity index (χ2n) is 9.67. The summed E-state index contributed by atoms with van der Waals surface area (Å²) in [7, 11) is 0. The molecule has 0 saturated heterocycles. The number of nitrogens with one attached hydrogen (secondary N) is 3. The second-order valence-corrected chi connectivity index (χ2v) is 11.8. The fourth-order valence-corrected chi connectivity index (χ4v) is 5.54. The summed E-state index contributed by atoms with van der Waals surface area (Å²) in [5.74, 6) is -0.997. The molecule has 5 aromatic carbocycles. The van der Waals surface area contributed by atoms with E-state index in [0.29, 0.717) is 16.9 Å². The van der Waals surface area contributed by atoms with Crippen molar-refractivity contribution in [1.29, 1.82) is 0 Å². The molecular weight excluding hydrogens is 634 g/mol. The molecule has 5 rings (SSSR count). The van der Waals surface area contributed by atoms with E-state index in [4.69, 9.17) is 0 Å². The molecule has 0 radical (unpaired) electrons. The minimum atomic E-state index is -0.506. The summed E-state index contributed by atoms with van der Waals surface area (Å²) in [6.07, 6.45) is 1.63. The SMILES string of the molecule is O=C(Nc1ccc(SC(C(=O)Nc2ccc(Br)cc2)c2ccccc2)cc1)/C(=C/c1ccccc1)NC(=O)c1ccccc1. The molecule has 8 heteroatoms. The van der Waals surface area contributed by atoms with Crippen molar-refractivity contribution < 1.29 is 14.4 Å². The van der Waals surface area contributed by atoms with E-state index in [1.165, 1.54) is 11.8 Å². The molecule has 218 valence electrons. The van der Waals surface area contributed by atoms with Gasteiger partial charge in [-0.3, -0.25) is 14.4 Å². The molecule has 3 amide bonds. The first-order chi connectivity index (χ1) is 21.4. The van der Waals surface area contributed by atoms with Gasteiger partial charge in [0, 0.05) is 26.3 Å². The Morgan fingerprint density at radius 1 is 0.636 bits per heavy atom. The third kappa shape index (κ3) is 8.56. The maximum Gasteiger partial charge on any atom is 0.272 e. The van der Waals surface area contributed by atoms with E-state index in [-0.39, 0.29) is 17.5 Å². The topological polar surface area (TPSA) is 87.3 Å². The van der Waals surface area contributed by atoms with Crippen molar-refractivity contribution in [3.8, 4) is 0 Å². The summed E-state index contributed by atoms with van der Waals surface area (Å²) < 4.78 is 0.929. The number of amides is 3. The van der Waals surface area contributed by atoms with Gasteiger partial charge in [0.05, 0.1) is 0 Å². The molecule has 0 bridgehead atoms. The first-order valence-electron chi connectivity index (χ1n) is 13.8. The van der Waals surface area contributed by atoms with E-state index in [1.54, 1.807) is 42.5 Å². The van der Waals surface area contributed by atoms with E-state index in [9.17, 15) is 14.4 Å². The van der Waals surface area contributed by atoms with Gasteiger partial charge in [-0.2, -0.15) is 0 Å². The highest BCUT2D eigenvalue weighted by atomic mass is 79.9. The molecule has 3 N–H and O–H groups in total. The van der Waals surface area contributed by atoms with E-state index in [1.807, 2.05) is 103 Å². The molecular formula is C36H28BrN3O3S. The third-order valence-electron chi connectivity index (χ3n) is 6.46. The van der Waals surface area contributed by atoms with Gasteiger partial charge in [0.1, 0.15) is 10.9 Å². The fraction of sp³-hybridized carbons (Fsp3) is 0.0278. The predicted molar refractivity (Wildman–Crippen MR) is 181 cm³/mol. The molecule has 6 nitrogen and oxygen atoms in total. The van der Waals surface area contributed by atoms with Crippen LogP contribution in [0.1, 0.15) is 26.7 Å². The Bertz CT molecular complexity index is 1750. The number of hydrogen-bond donors (Lipinski definition) is 3. The first kappa shape index (κ1) is 30.5. The molecule has 1 unspecified atom stereocenters. The Morgan fingerprint density at radius 3 is 1.82 bits per heavy atom. The van der Waals surface area contributed by atoms with Crippen LogP contribution >= 0.6 is 27.7 Å². The maximum atomic E-state index is 13.4. The van der Waals surface area contributed by atoms with Gasteiger partial charge < -0.3 is 16.0 Å². The third-order valence-corrected chi connectivity index (χ3v) is 8.25. The summed E-state index contributed by atoms with van der Waals surface area (Å²) in [5.41, 5.74) is 3.44. The van der Waals surface area contributed by atoms with Crippen LogP contribution < -0.4 is 16.0 Å². The summed E-state index contributed by atoms with van der Waals surface area (Å²) in [4.78, 5) is 40.5. The minimum Gasteiger partial charge on any atom is -0.325 e. The number of thioether (sulfide) groups is 1. The number of halogens is 1. The number of carbonyl (C=O) groups excluding carboxylic acids is 3. The summed E-state index contributed by atoms with van der Waals surface area (Å²) >= 11 is 4.83. The summed E-state index contributed by atoms with van der Waals surface area (Å²) in [6, 6.07) is 42.3. The Morgan fingerprint density at radius 2 is 1.18 bits per heavy atom. The zero-order valence-corrected chi connectivity index (χ0v) is 25.8. The zero-order chi connectivity index (χ0) is 30.7. The lowest BCUT2D eigenvalue weighted by atomic mass is 10.1. The van der Waals surface area contributed by atoms with E-state index < -0.39 is 11.2 Å². The van der Waals surface area contributed by atoms with Gasteiger partial charge in [-0.05, 0) is 77.9 Å². The zero-order valence-electron chi connectivity index (χ0n) is 23.4. The molecule has 0 spiro atoms. The molecule has 0 aliphatic rings. The van der Waals surface area contributed by atoms with Crippen molar-refractivity contribution in [3.63, 3.8) is 0 Å². The van der Waals surface area contributed by atoms with E-state index in [2.05, 4.69) is 31.9 Å². The number of rotatable bonds is 10. The van der Waals surface area contributed by atoms with Crippen molar-refractivity contribution in [1.82, 2.24) is 5.32 Å². The Kier molecular flexibility index (Phi) is 10.4. The molecule has 0 aliphatic heterocycles. The molecule has 0 aliphatic carbocycles. The maximum absolute atomic E-state index is 13.4. The normalized spacial score (nSPS) is 11.7. The average molecular weight is 663 g/mol. The van der Waals surface area contributed by atoms with Crippen LogP contribution in [-0.4, -0.2) is 17.7 Å². The van der Waals surface area contributed by atoms with Crippen molar-refractivity contribution in [2.75, 3.05) is 10.6 Å². The largest absolute Gasteiger partial charge is 0.325 e. The molecule has 0 aromatic heterocycles. The van der Waals surface area contributed by atoms with Gasteiger partial charge in [0.2, 0.25) is 5.91 Å². The van der Waals surface area contributed by atoms with E-state index in [0.717, 1.165) is 20.5 Å². The first-order valence-corrected chi connectivity index (χ1v) is 15.4. The lowest BCUT2D eigenvalue weighted by Gasteiger charge is -2.17. The van der Waals surface area contributed by atoms with Crippen LogP contribution in [0.25, 0.3) is 6.08 Å². The molecule has 0 saturated carbocycles. The standard InChI is InChI=1S/C36H28BrN3O3S/c37-28-16-18-29(19-17-28)39-36(43)33(26-12-6-2-7-13-26)44-31-22-20-30(21-23-31)38-35(42)32(24-25-10-4-1-5-11-25)40-34(41)27-14-8-3-9-15-27/h1-24,33H,(H,38,42)(H,39,43)(H,40,41)/b32-24-. The van der Waals surface area contributed by atoms with Gasteiger partial charge in [-0.25, -0.2) is 0 Å². The lowest BCUT2D eigenvalue weighted by Crippen LogP contribution is -2.30. The quantitative estimate of drug-likeness (QED) is 0.104.